The second-order valence-corrected chi connectivity index (χ2v) is 9.51. The summed E-state index contributed by atoms with van der Waals surface area (Å²) in [6, 6.07) is 39.6. The van der Waals surface area contributed by atoms with Crippen molar-refractivity contribution in [2.24, 2.45) is 0 Å². The summed E-state index contributed by atoms with van der Waals surface area (Å²) < 4.78 is 4.13. The standard InChI is InChI=1S/C34H16N6/c35-17-21-9-11-25(12-10-21)39-30-7-3-1-5-26(30)28-15-29-27-6-2-4-8-31(27)40(33(29)16-32(28)39)34-23(19-37)13-22(18-36)14-24(34)20-38/h1-16H. The van der Waals surface area contributed by atoms with Crippen molar-refractivity contribution in [1.29, 1.82) is 21.0 Å². The van der Waals surface area contributed by atoms with Gasteiger partial charge in [0.05, 0.1) is 62.1 Å². The molecule has 40 heavy (non-hydrogen) atoms. The molecular formula is C34H16N6. The van der Waals surface area contributed by atoms with Crippen molar-refractivity contribution >= 4 is 43.6 Å². The summed E-state index contributed by atoms with van der Waals surface area (Å²) >= 11 is 0. The number of nitrogens with zero attached hydrogens (tertiary/aromatic N) is 6. The number of para-hydroxylation sites is 2. The Hall–Kier alpha value is -6.34. The van der Waals surface area contributed by atoms with E-state index >= 15 is 0 Å². The normalized spacial score (nSPS) is 10.9. The van der Waals surface area contributed by atoms with Crippen molar-refractivity contribution in [3.8, 4) is 35.7 Å². The highest BCUT2D eigenvalue weighted by Gasteiger charge is 2.21. The van der Waals surface area contributed by atoms with E-state index in [0.29, 0.717) is 11.3 Å². The molecule has 7 aromatic rings. The number of hydrogen-bond acceptors (Lipinski definition) is 4. The van der Waals surface area contributed by atoms with Crippen LogP contribution in [0.25, 0.3) is 55.0 Å². The summed E-state index contributed by atoms with van der Waals surface area (Å²) in [5.74, 6) is 0. The Kier molecular flexibility index (Phi) is 4.91. The largest absolute Gasteiger partial charge is 0.309 e. The summed E-state index contributed by atoms with van der Waals surface area (Å²) in [7, 11) is 0. The molecule has 5 aromatic carbocycles. The molecule has 0 fully saturated rings. The van der Waals surface area contributed by atoms with Gasteiger partial charge in [0.2, 0.25) is 0 Å². The topological polar surface area (TPSA) is 105 Å². The van der Waals surface area contributed by atoms with Gasteiger partial charge in [0.25, 0.3) is 0 Å². The zero-order valence-corrected chi connectivity index (χ0v) is 20.9. The molecule has 0 bridgehead atoms. The number of aromatic nitrogens is 2. The van der Waals surface area contributed by atoms with Gasteiger partial charge in [0, 0.05) is 27.2 Å². The Balaban J connectivity index is 1.68. The van der Waals surface area contributed by atoms with E-state index in [-0.39, 0.29) is 16.7 Å². The Morgan fingerprint density at radius 3 is 1.50 bits per heavy atom. The maximum Gasteiger partial charge on any atom is 0.101 e. The Labute approximate surface area is 228 Å². The van der Waals surface area contributed by atoms with Crippen molar-refractivity contribution in [3.05, 3.63) is 119 Å². The first-order chi connectivity index (χ1) is 19.7. The number of rotatable bonds is 2. The molecule has 0 saturated heterocycles. The minimum Gasteiger partial charge on any atom is -0.309 e. The van der Waals surface area contributed by atoms with Crippen LogP contribution in [0.15, 0.2) is 97.1 Å². The first-order valence-electron chi connectivity index (χ1n) is 12.5. The fourth-order valence-corrected chi connectivity index (χ4v) is 5.75. The van der Waals surface area contributed by atoms with E-state index in [2.05, 4.69) is 53.1 Å². The first-order valence-corrected chi connectivity index (χ1v) is 12.5. The molecule has 2 heterocycles. The minimum atomic E-state index is 0.256. The van der Waals surface area contributed by atoms with E-state index in [1.165, 1.54) is 12.1 Å². The van der Waals surface area contributed by atoms with Gasteiger partial charge in [-0.3, -0.25) is 0 Å². The van der Waals surface area contributed by atoms with Crippen molar-refractivity contribution in [3.63, 3.8) is 0 Å². The summed E-state index contributed by atoms with van der Waals surface area (Å²) in [5, 5.41) is 43.2. The van der Waals surface area contributed by atoms with Crippen molar-refractivity contribution < 1.29 is 0 Å². The summed E-state index contributed by atoms with van der Waals surface area (Å²) in [6.45, 7) is 0. The van der Waals surface area contributed by atoms with E-state index in [1.54, 1.807) is 12.1 Å². The first kappa shape index (κ1) is 22.8. The molecule has 182 valence electrons. The maximum absolute atomic E-state index is 10.1. The second kappa shape index (κ2) is 8.61. The van der Waals surface area contributed by atoms with Crippen LogP contribution in [0.3, 0.4) is 0 Å². The third-order valence-corrected chi connectivity index (χ3v) is 7.42. The van der Waals surface area contributed by atoms with Gasteiger partial charge in [-0.2, -0.15) is 21.0 Å². The van der Waals surface area contributed by atoms with Gasteiger partial charge in [0.15, 0.2) is 0 Å². The molecule has 0 aliphatic rings. The molecule has 0 amide bonds. The molecule has 0 atom stereocenters. The van der Waals surface area contributed by atoms with Crippen LogP contribution in [0, 0.1) is 45.3 Å². The Bertz CT molecular complexity index is 2320. The van der Waals surface area contributed by atoms with Crippen molar-refractivity contribution in [2.45, 2.75) is 0 Å². The highest BCUT2D eigenvalue weighted by Crippen LogP contribution is 2.40. The van der Waals surface area contributed by atoms with Crippen LogP contribution >= 0.6 is 0 Å². The lowest BCUT2D eigenvalue weighted by molar-refractivity contribution is 1.15. The van der Waals surface area contributed by atoms with Gasteiger partial charge in [-0.1, -0.05) is 36.4 Å². The molecule has 0 aliphatic carbocycles. The zero-order chi connectivity index (χ0) is 27.4. The Morgan fingerprint density at radius 1 is 0.425 bits per heavy atom. The number of benzene rings is 5. The molecule has 2 aromatic heterocycles. The van der Waals surface area contributed by atoms with Crippen LogP contribution < -0.4 is 0 Å². The van der Waals surface area contributed by atoms with Crippen molar-refractivity contribution in [1.82, 2.24) is 9.13 Å². The van der Waals surface area contributed by atoms with Gasteiger partial charge >= 0.3 is 0 Å². The molecule has 6 nitrogen and oxygen atoms in total. The van der Waals surface area contributed by atoms with Gasteiger partial charge in [-0.15, -0.1) is 0 Å². The smallest absolute Gasteiger partial charge is 0.101 e. The lowest BCUT2D eigenvalue weighted by Gasteiger charge is -2.13. The quantitative estimate of drug-likeness (QED) is 0.243. The van der Waals surface area contributed by atoms with Gasteiger partial charge in [-0.05, 0) is 60.7 Å². The van der Waals surface area contributed by atoms with E-state index in [4.69, 9.17) is 0 Å². The fourth-order valence-electron chi connectivity index (χ4n) is 5.75. The molecular weight excluding hydrogens is 492 g/mol. The molecule has 6 heteroatoms. The highest BCUT2D eigenvalue weighted by atomic mass is 15.0. The lowest BCUT2D eigenvalue weighted by Crippen LogP contribution is -2.02. The molecule has 0 unspecified atom stereocenters. The molecule has 0 saturated carbocycles. The molecule has 7 rings (SSSR count). The van der Waals surface area contributed by atoms with Crippen molar-refractivity contribution in [2.75, 3.05) is 0 Å². The van der Waals surface area contributed by atoms with E-state index in [9.17, 15) is 21.0 Å². The third kappa shape index (κ3) is 3.12. The third-order valence-electron chi connectivity index (χ3n) is 7.42. The number of fused-ring (bicyclic) bond motifs is 6. The van der Waals surface area contributed by atoms with Crippen LogP contribution in [0.1, 0.15) is 22.3 Å². The Morgan fingerprint density at radius 2 is 0.950 bits per heavy atom. The number of nitriles is 4. The van der Waals surface area contributed by atoms with Crippen LogP contribution in [0.5, 0.6) is 0 Å². The SMILES string of the molecule is N#Cc1ccc(-n2c3ccccc3c3cc4c5ccccc5n(-c5c(C#N)cc(C#N)cc5C#N)c4cc32)cc1. The van der Waals surface area contributed by atoms with E-state index in [0.717, 1.165) is 49.3 Å². The monoisotopic (exact) mass is 508 g/mol. The molecule has 0 N–H and O–H groups in total. The van der Waals surface area contributed by atoms with E-state index in [1.807, 2.05) is 53.1 Å². The highest BCUT2D eigenvalue weighted by molar-refractivity contribution is 6.19. The second-order valence-electron chi connectivity index (χ2n) is 9.51. The van der Waals surface area contributed by atoms with Crippen LogP contribution in [0.2, 0.25) is 0 Å². The summed E-state index contributed by atoms with van der Waals surface area (Å²) in [6.07, 6.45) is 0. The molecule has 0 radical (unpaired) electrons. The minimum absolute atomic E-state index is 0.256. The van der Waals surface area contributed by atoms with Gasteiger partial charge < -0.3 is 9.13 Å². The van der Waals surface area contributed by atoms with Crippen LogP contribution in [0.4, 0.5) is 0 Å². The van der Waals surface area contributed by atoms with Crippen LogP contribution in [-0.4, -0.2) is 9.13 Å². The van der Waals surface area contributed by atoms with Crippen LogP contribution in [-0.2, 0) is 0 Å². The predicted molar refractivity (Wildman–Crippen MR) is 154 cm³/mol. The lowest BCUT2D eigenvalue weighted by atomic mass is 10.0. The summed E-state index contributed by atoms with van der Waals surface area (Å²) in [4.78, 5) is 0. The van der Waals surface area contributed by atoms with E-state index < -0.39 is 0 Å². The average molecular weight is 509 g/mol. The predicted octanol–water partition coefficient (Wildman–Crippen LogP) is 7.37. The summed E-state index contributed by atoms with van der Waals surface area (Å²) in [5.41, 5.74) is 6.41. The number of hydrogen-bond donors (Lipinski definition) is 0. The molecule has 0 spiro atoms. The van der Waals surface area contributed by atoms with Gasteiger partial charge in [0.1, 0.15) is 12.1 Å². The van der Waals surface area contributed by atoms with Gasteiger partial charge in [-0.25, -0.2) is 0 Å². The maximum atomic E-state index is 10.1. The zero-order valence-electron chi connectivity index (χ0n) is 20.9. The fraction of sp³-hybridized carbons (Fsp3) is 0. The molecule has 0 aliphatic heterocycles. The average Bonchev–Trinajstić information content (AvgIpc) is 3.51.